The largest absolute Gasteiger partial charge is 0.310 e. The number of nitrogens with one attached hydrogen (secondary N) is 2. The van der Waals surface area contributed by atoms with E-state index in [0.29, 0.717) is 24.0 Å². The van der Waals surface area contributed by atoms with Crippen LogP contribution in [0.5, 0.6) is 0 Å². The lowest BCUT2D eigenvalue weighted by atomic mass is 10.1. The van der Waals surface area contributed by atoms with Crippen LogP contribution in [0.1, 0.15) is 31.9 Å². The van der Waals surface area contributed by atoms with Crippen LogP contribution in [-0.4, -0.2) is 33.0 Å². The summed E-state index contributed by atoms with van der Waals surface area (Å²) in [5.74, 6) is 0.772. The summed E-state index contributed by atoms with van der Waals surface area (Å²) in [6.07, 6.45) is 2.86. The molecule has 0 heterocycles. The second kappa shape index (κ2) is 8.78. The predicted molar refractivity (Wildman–Crippen MR) is 91.4 cm³/mol. The molecule has 0 unspecified atom stereocenters. The van der Waals surface area contributed by atoms with E-state index in [-0.39, 0.29) is 0 Å². The van der Waals surface area contributed by atoms with Gasteiger partial charge in [0, 0.05) is 24.9 Å². The fraction of sp³-hybridized carbons (Fsp3) is 0.600. The molecule has 120 valence electrons. The van der Waals surface area contributed by atoms with Crippen molar-refractivity contribution in [2.24, 2.45) is 0 Å². The van der Waals surface area contributed by atoms with E-state index in [1.807, 2.05) is 12.3 Å². The Hall–Kier alpha value is -0.560. The molecule has 1 rings (SSSR count). The van der Waals surface area contributed by atoms with Gasteiger partial charge in [0.25, 0.3) is 0 Å². The van der Waals surface area contributed by atoms with Gasteiger partial charge in [-0.05, 0) is 35.9 Å². The average molecular weight is 331 g/mol. The molecule has 0 atom stereocenters. The van der Waals surface area contributed by atoms with Crippen molar-refractivity contribution in [2.75, 3.05) is 18.6 Å². The van der Waals surface area contributed by atoms with Gasteiger partial charge in [-0.15, -0.1) is 0 Å². The number of thioether (sulfide) groups is 1. The summed E-state index contributed by atoms with van der Waals surface area (Å²) in [5, 5.41) is 3.35. The first-order valence-electron chi connectivity index (χ1n) is 7.24. The highest BCUT2D eigenvalue weighted by molar-refractivity contribution is 7.98. The SMILES string of the molecule is CCc1ccc(S(=O)(=O)NCCSC)cc1CNC(C)C. The Labute approximate surface area is 133 Å². The molecule has 2 N–H and O–H groups in total. The minimum atomic E-state index is -3.41. The molecule has 0 bridgehead atoms. The lowest BCUT2D eigenvalue weighted by Crippen LogP contribution is -2.27. The van der Waals surface area contributed by atoms with Crippen molar-refractivity contribution in [1.29, 1.82) is 0 Å². The predicted octanol–water partition coefficient (Wildman–Crippen LogP) is 2.39. The maximum absolute atomic E-state index is 12.3. The zero-order valence-electron chi connectivity index (χ0n) is 13.3. The molecular weight excluding hydrogens is 304 g/mol. The fourth-order valence-corrected chi connectivity index (χ4v) is 3.47. The van der Waals surface area contributed by atoms with Crippen LogP contribution in [-0.2, 0) is 23.0 Å². The van der Waals surface area contributed by atoms with Gasteiger partial charge in [-0.2, -0.15) is 11.8 Å². The zero-order valence-corrected chi connectivity index (χ0v) is 14.9. The molecule has 0 radical (unpaired) electrons. The number of benzene rings is 1. The van der Waals surface area contributed by atoms with Crippen LogP contribution < -0.4 is 10.0 Å². The Kier molecular flexibility index (Phi) is 7.73. The summed E-state index contributed by atoms with van der Waals surface area (Å²) in [4.78, 5) is 0.348. The van der Waals surface area contributed by atoms with Gasteiger partial charge in [0.1, 0.15) is 0 Å². The second-order valence-corrected chi connectivity index (χ2v) is 7.96. The summed E-state index contributed by atoms with van der Waals surface area (Å²) in [7, 11) is -3.41. The van der Waals surface area contributed by atoms with Crippen LogP contribution >= 0.6 is 11.8 Å². The zero-order chi connectivity index (χ0) is 15.9. The maximum Gasteiger partial charge on any atom is 0.240 e. The normalized spacial score (nSPS) is 12.0. The van der Waals surface area contributed by atoms with Crippen LogP contribution in [0.2, 0.25) is 0 Å². The molecule has 6 heteroatoms. The lowest BCUT2D eigenvalue weighted by molar-refractivity contribution is 0.580. The van der Waals surface area contributed by atoms with E-state index in [4.69, 9.17) is 0 Å². The molecule has 0 spiro atoms. The Bertz CT molecular complexity index is 543. The van der Waals surface area contributed by atoms with E-state index in [1.54, 1.807) is 23.9 Å². The minimum Gasteiger partial charge on any atom is -0.310 e. The third-order valence-corrected chi connectivity index (χ3v) is 5.24. The first kappa shape index (κ1) is 18.5. The topological polar surface area (TPSA) is 58.2 Å². The molecule has 21 heavy (non-hydrogen) atoms. The molecule has 1 aromatic rings. The average Bonchev–Trinajstić information content (AvgIpc) is 2.44. The van der Waals surface area contributed by atoms with E-state index >= 15 is 0 Å². The highest BCUT2D eigenvalue weighted by Gasteiger charge is 2.15. The molecule has 0 saturated heterocycles. The maximum atomic E-state index is 12.3. The van der Waals surface area contributed by atoms with E-state index < -0.39 is 10.0 Å². The Morgan fingerprint density at radius 2 is 1.95 bits per heavy atom. The third kappa shape index (κ3) is 5.98. The van der Waals surface area contributed by atoms with Crippen LogP contribution in [0, 0.1) is 0 Å². The molecule has 4 nitrogen and oxygen atoms in total. The van der Waals surface area contributed by atoms with Crippen molar-refractivity contribution in [3.05, 3.63) is 29.3 Å². The van der Waals surface area contributed by atoms with Gasteiger partial charge in [0.05, 0.1) is 4.90 Å². The summed E-state index contributed by atoms with van der Waals surface area (Å²) in [6.45, 7) is 7.39. The van der Waals surface area contributed by atoms with Crippen molar-refractivity contribution in [3.8, 4) is 0 Å². The molecule has 0 amide bonds. The fourth-order valence-electron chi connectivity index (χ4n) is 1.95. The van der Waals surface area contributed by atoms with Crippen molar-refractivity contribution in [2.45, 2.75) is 44.7 Å². The van der Waals surface area contributed by atoms with Gasteiger partial charge in [-0.1, -0.05) is 26.8 Å². The van der Waals surface area contributed by atoms with E-state index in [2.05, 4.69) is 30.8 Å². The van der Waals surface area contributed by atoms with E-state index in [0.717, 1.165) is 17.7 Å². The van der Waals surface area contributed by atoms with Crippen LogP contribution in [0.25, 0.3) is 0 Å². The number of hydrogen-bond donors (Lipinski definition) is 2. The quantitative estimate of drug-likeness (QED) is 0.683. The number of aryl methyl sites for hydroxylation is 1. The Morgan fingerprint density at radius 3 is 2.52 bits per heavy atom. The van der Waals surface area contributed by atoms with Gasteiger partial charge in [0.2, 0.25) is 10.0 Å². The Morgan fingerprint density at radius 1 is 1.24 bits per heavy atom. The summed E-state index contributed by atoms with van der Waals surface area (Å²) in [5.41, 5.74) is 2.24. The molecule has 1 aromatic carbocycles. The second-order valence-electron chi connectivity index (χ2n) is 5.21. The summed E-state index contributed by atoms with van der Waals surface area (Å²) < 4.78 is 27.1. The molecule has 0 aliphatic carbocycles. The van der Waals surface area contributed by atoms with Gasteiger partial charge in [0.15, 0.2) is 0 Å². The van der Waals surface area contributed by atoms with Gasteiger partial charge >= 0.3 is 0 Å². The standard InChI is InChI=1S/C15H26N2O2S2/c1-5-13-6-7-15(10-14(13)11-16-12(2)3)21(18,19)17-8-9-20-4/h6-7,10,12,16-17H,5,8-9,11H2,1-4H3. The highest BCUT2D eigenvalue weighted by atomic mass is 32.2. The monoisotopic (exact) mass is 330 g/mol. The van der Waals surface area contributed by atoms with E-state index in [1.165, 1.54) is 5.56 Å². The number of rotatable bonds is 9. The lowest BCUT2D eigenvalue weighted by Gasteiger charge is -2.14. The number of sulfonamides is 1. The molecule has 0 aliphatic heterocycles. The number of hydrogen-bond acceptors (Lipinski definition) is 4. The van der Waals surface area contributed by atoms with E-state index in [9.17, 15) is 8.42 Å². The van der Waals surface area contributed by atoms with Crippen molar-refractivity contribution in [3.63, 3.8) is 0 Å². The van der Waals surface area contributed by atoms with Crippen LogP contribution in [0.3, 0.4) is 0 Å². The first-order valence-corrected chi connectivity index (χ1v) is 10.1. The minimum absolute atomic E-state index is 0.348. The van der Waals surface area contributed by atoms with Gasteiger partial charge in [-0.25, -0.2) is 13.1 Å². The molecule has 0 saturated carbocycles. The summed E-state index contributed by atoms with van der Waals surface area (Å²) in [6, 6.07) is 5.77. The molecule has 0 fully saturated rings. The van der Waals surface area contributed by atoms with Crippen molar-refractivity contribution in [1.82, 2.24) is 10.0 Å². The van der Waals surface area contributed by atoms with Crippen LogP contribution in [0.15, 0.2) is 23.1 Å². The summed E-state index contributed by atoms with van der Waals surface area (Å²) >= 11 is 1.62. The first-order chi connectivity index (χ1) is 9.90. The Balaban J connectivity index is 2.95. The molecular formula is C15H26N2O2S2. The van der Waals surface area contributed by atoms with Crippen molar-refractivity contribution >= 4 is 21.8 Å². The highest BCUT2D eigenvalue weighted by Crippen LogP contribution is 2.17. The van der Waals surface area contributed by atoms with Gasteiger partial charge < -0.3 is 5.32 Å². The van der Waals surface area contributed by atoms with Gasteiger partial charge in [-0.3, -0.25) is 0 Å². The molecule has 0 aromatic heterocycles. The smallest absolute Gasteiger partial charge is 0.240 e. The van der Waals surface area contributed by atoms with Crippen LogP contribution in [0.4, 0.5) is 0 Å². The van der Waals surface area contributed by atoms with Crippen molar-refractivity contribution < 1.29 is 8.42 Å². The third-order valence-electron chi connectivity index (χ3n) is 3.17. The molecule has 0 aliphatic rings.